The van der Waals surface area contributed by atoms with Gasteiger partial charge in [0, 0.05) is 12.5 Å². The molecule has 16 heavy (non-hydrogen) atoms. The minimum absolute atomic E-state index is 0.349. The topological polar surface area (TPSA) is 47.6 Å². The van der Waals surface area contributed by atoms with E-state index in [1.807, 2.05) is 0 Å². The Balaban J connectivity index is 1.88. The van der Waals surface area contributed by atoms with Crippen molar-refractivity contribution in [2.45, 2.75) is 64.0 Å². The third-order valence-electron chi connectivity index (χ3n) is 3.81. The van der Waals surface area contributed by atoms with Crippen molar-refractivity contribution in [3.05, 3.63) is 0 Å². The van der Waals surface area contributed by atoms with Gasteiger partial charge in [-0.15, -0.1) is 0 Å². The van der Waals surface area contributed by atoms with Gasteiger partial charge in [-0.05, 0) is 32.6 Å². The molecule has 2 N–H and O–H groups in total. The molecular formula is C13H24N2O. The first-order valence-corrected chi connectivity index (χ1v) is 6.70. The molecule has 0 aromatic carbocycles. The Morgan fingerprint density at radius 3 is 2.62 bits per heavy atom. The zero-order valence-corrected chi connectivity index (χ0v) is 10.3. The molecule has 0 radical (unpaired) electrons. The molecule has 1 heterocycles. The summed E-state index contributed by atoms with van der Waals surface area (Å²) in [6, 6.07) is 0.408. The maximum atomic E-state index is 6.13. The van der Waals surface area contributed by atoms with Crippen molar-refractivity contribution in [1.82, 2.24) is 0 Å². The van der Waals surface area contributed by atoms with Gasteiger partial charge in [-0.1, -0.05) is 19.3 Å². The monoisotopic (exact) mass is 224 g/mol. The van der Waals surface area contributed by atoms with E-state index in [0.29, 0.717) is 18.1 Å². The number of hydrogen-bond acceptors (Lipinski definition) is 2. The van der Waals surface area contributed by atoms with Crippen LogP contribution in [-0.2, 0) is 4.74 Å². The van der Waals surface area contributed by atoms with Crippen LogP contribution in [0.5, 0.6) is 0 Å². The number of hydrogen-bond donors (Lipinski definition) is 1. The predicted molar refractivity (Wildman–Crippen MR) is 66.6 cm³/mol. The molecule has 0 bridgehead atoms. The molecule has 0 spiro atoms. The van der Waals surface area contributed by atoms with Crippen molar-refractivity contribution in [2.75, 3.05) is 6.61 Å². The average molecular weight is 224 g/mol. The van der Waals surface area contributed by atoms with E-state index in [0.717, 1.165) is 25.3 Å². The van der Waals surface area contributed by atoms with Crippen LogP contribution in [0.3, 0.4) is 0 Å². The van der Waals surface area contributed by atoms with Crippen LogP contribution in [0.15, 0.2) is 4.99 Å². The molecule has 3 nitrogen and oxygen atoms in total. The summed E-state index contributed by atoms with van der Waals surface area (Å²) in [5.74, 6) is 1.48. The Hall–Kier alpha value is -0.570. The lowest BCUT2D eigenvalue weighted by Crippen LogP contribution is -2.31. The second-order valence-corrected chi connectivity index (χ2v) is 5.25. The van der Waals surface area contributed by atoms with Gasteiger partial charge in [0.05, 0.1) is 18.0 Å². The molecular weight excluding hydrogens is 200 g/mol. The zero-order valence-electron chi connectivity index (χ0n) is 10.3. The van der Waals surface area contributed by atoms with E-state index in [9.17, 15) is 0 Å². The van der Waals surface area contributed by atoms with Crippen molar-refractivity contribution < 1.29 is 4.74 Å². The van der Waals surface area contributed by atoms with E-state index in [-0.39, 0.29) is 0 Å². The second-order valence-electron chi connectivity index (χ2n) is 5.25. The second kappa shape index (κ2) is 5.67. The molecule has 2 rings (SSSR count). The smallest absolute Gasteiger partial charge is 0.0971 e. The Bertz CT molecular complexity index is 246. The van der Waals surface area contributed by atoms with Gasteiger partial charge in [0.25, 0.3) is 0 Å². The van der Waals surface area contributed by atoms with Crippen LogP contribution in [-0.4, -0.2) is 24.6 Å². The van der Waals surface area contributed by atoms with E-state index in [1.165, 1.54) is 32.1 Å². The summed E-state index contributed by atoms with van der Waals surface area (Å²) in [7, 11) is 0. The first kappa shape index (κ1) is 11.9. The van der Waals surface area contributed by atoms with Crippen molar-refractivity contribution >= 4 is 5.84 Å². The molecule has 1 aliphatic carbocycles. The van der Waals surface area contributed by atoms with Gasteiger partial charge in [0.1, 0.15) is 0 Å². The van der Waals surface area contributed by atoms with E-state index >= 15 is 0 Å². The number of aliphatic imine (C=N–C) groups is 1. The Labute approximate surface area is 98.5 Å². The predicted octanol–water partition coefficient (Wildman–Crippen LogP) is 2.49. The summed E-state index contributed by atoms with van der Waals surface area (Å²) < 4.78 is 5.53. The number of ether oxygens (including phenoxy) is 1. The summed E-state index contributed by atoms with van der Waals surface area (Å²) in [5.41, 5.74) is 6.13. The summed E-state index contributed by atoms with van der Waals surface area (Å²) in [5, 5.41) is 0. The van der Waals surface area contributed by atoms with E-state index in [2.05, 4.69) is 6.92 Å². The van der Waals surface area contributed by atoms with Crippen molar-refractivity contribution in [3.8, 4) is 0 Å². The molecule has 3 heteroatoms. The highest BCUT2D eigenvalue weighted by atomic mass is 16.5. The molecule has 1 saturated heterocycles. The fourth-order valence-corrected chi connectivity index (χ4v) is 2.81. The van der Waals surface area contributed by atoms with Gasteiger partial charge in [-0.2, -0.15) is 0 Å². The molecule has 2 aliphatic rings. The maximum absolute atomic E-state index is 6.13. The van der Waals surface area contributed by atoms with Crippen molar-refractivity contribution in [3.63, 3.8) is 0 Å². The highest BCUT2D eigenvalue weighted by Gasteiger charge is 2.21. The van der Waals surface area contributed by atoms with Crippen LogP contribution >= 0.6 is 0 Å². The van der Waals surface area contributed by atoms with Crippen molar-refractivity contribution in [1.29, 1.82) is 0 Å². The SMILES string of the molecule is CC1CC(N=C(N)C2CCCCC2)CCO1. The van der Waals surface area contributed by atoms with Crippen LogP contribution in [0, 0.1) is 5.92 Å². The molecule has 0 aromatic rings. The summed E-state index contributed by atoms with van der Waals surface area (Å²) in [6.07, 6.45) is 8.93. The third-order valence-corrected chi connectivity index (χ3v) is 3.81. The van der Waals surface area contributed by atoms with Crippen LogP contribution in [0.1, 0.15) is 51.9 Å². The highest BCUT2D eigenvalue weighted by Crippen LogP contribution is 2.25. The number of nitrogens with two attached hydrogens (primary N) is 1. The van der Waals surface area contributed by atoms with Crippen LogP contribution in [0.4, 0.5) is 0 Å². The standard InChI is InChI=1S/C13H24N2O/c1-10-9-12(7-8-16-10)15-13(14)11-5-3-2-4-6-11/h10-12H,2-9H2,1H3,(H2,14,15). The number of amidine groups is 1. The van der Waals surface area contributed by atoms with E-state index in [4.69, 9.17) is 15.5 Å². The minimum atomic E-state index is 0.349. The Kier molecular flexibility index (Phi) is 4.22. The number of rotatable bonds is 2. The van der Waals surface area contributed by atoms with Gasteiger partial charge < -0.3 is 10.5 Å². The fourth-order valence-electron chi connectivity index (χ4n) is 2.81. The van der Waals surface area contributed by atoms with Gasteiger partial charge in [-0.3, -0.25) is 4.99 Å². The molecule has 0 aromatic heterocycles. The first-order chi connectivity index (χ1) is 7.75. The van der Waals surface area contributed by atoms with Crippen LogP contribution in [0.2, 0.25) is 0 Å². The largest absolute Gasteiger partial charge is 0.387 e. The first-order valence-electron chi connectivity index (χ1n) is 6.70. The van der Waals surface area contributed by atoms with E-state index < -0.39 is 0 Å². The lowest BCUT2D eigenvalue weighted by Gasteiger charge is -2.27. The summed E-state index contributed by atoms with van der Waals surface area (Å²) >= 11 is 0. The lowest BCUT2D eigenvalue weighted by molar-refractivity contribution is 0.0203. The zero-order chi connectivity index (χ0) is 11.4. The van der Waals surface area contributed by atoms with E-state index in [1.54, 1.807) is 0 Å². The Morgan fingerprint density at radius 1 is 1.19 bits per heavy atom. The van der Waals surface area contributed by atoms with Crippen molar-refractivity contribution in [2.24, 2.45) is 16.6 Å². The molecule has 1 saturated carbocycles. The molecule has 2 fully saturated rings. The quantitative estimate of drug-likeness (QED) is 0.578. The average Bonchev–Trinajstić information content (AvgIpc) is 2.30. The molecule has 0 amide bonds. The molecule has 2 unspecified atom stereocenters. The number of nitrogens with zero attached hydrogens (tertiary/aromatic N) is 1. The minimum Gasteiger partial charge on any atom is -0.387 e. The highest BCUT2D eigenvalue weighted by molar-refractivity contribution is 5.83. The maximum Gasteiger partial charge on any atom is 0.0971 e. The van der Waals surface area contributed by atoms with Gasteiger partial charge in [0.15, 0.2) is 0 Å². The molecule has 2 atom stereocenters. The van der Waals surface area contributed by atoms with Gasteiger partial charge in [-0.25, -0.2) is 0 Å². The summed E-state index contributed by atoms with van der Waals surface area (Å²) in [4.78, 5) is 4.72. The normalized spacial score (nSPS) is 33.9. The molecule has 92 valence electrons. The van der Waals surface area contributed by atoms with Crippen LogP contribution in [0.25, 0.3) is 0 Å². The van der Waals surface area contributed by atoms with Gasteiger partial charge in [0.2, 0.25) is 0 Å². The third kappa shape index (κ3) is 3.21. The lowest BCUT2D eigenvalue weighted by atomic mass is 9.88. The van der Waals surface area contributed by atoms with Crippen LogP contribution < -0.4 is 5.73 Å². The van der Waals surface area contributed by atoms with Gasteiger partial charge >= 0.3 is 0 Å². The molecule has 1 aliphatic heterocycles. The Morgan fingerprint density at radius 2 is 1.94 bits per heavy atom. The summed E-state index contributed by atoms with van der Waals surface area (Å²) in [6.45, 7) is 2.96. The fraction of sp³-hybridized carbons (Fsp3) is 0.923.